The molecule has 0 saturated heterocycles. The van der Waals surface area contributed by atoms with Crippen LogP contribution in [0.25, 0.3) is 17.0 Å². The van der Waals surface area contributed by atoms with Gasteiger partial charge in [0.05, 0.1) is 18.3 Å². The predicted molar refractivity (Wildman–Crippen MR) is 121 cm³/mol. The van der Waals surface area contributed by atoms with Crippen molar-refractivity contribution in [2.45, 2.75) is 26.8 Å². The second kappa shape index (κ2) is 9.22. The molecule has 0 radical (unpaired) electrons. The van der Waals surface area contributed by atoms with Crippen molar-refractivity contribution in [2.24, 2.45) is 0 Å². The minimum absolute atomic E-state index is 0.130. The summed E-state index contributed by atoms with van der Waals surface area (Å²) in [4.78, 5) is 30.7. The molecule has 0 aliphatic rings. The lowest BCUT2D eigenvalue weighted by atomic mass is 10.1. The van der Waals surface area contributed by atoms with Gasteiger partial charge in [-0.2, -0.15) is 0 Å². The molecule has 154 valence electrons. The first-order chi connectivity index (χ1) is 14.4. The maximum Gasteiger partial charge on any atom is 0.251 e. The fourth-order valence-electron chi connectivity index (χ4n) is 3.31. The van der Waals surface area contributed by atoms with Gasteiger partial charge in [-0.05, 0) is 44.2 Å². The molecule has 1 heterocycles. The van der Waals surface area contributed by atoms with Crippen molar-refractivity contribution in [1.29, 1.82) is 0 Å². The molecule has 6 heteroatoms. The van der Waals surface area contributed by atoms with Crippen molar-refractivity contribution >= 4 is 40.2 Å². The first kappa shape index (κ1) is 21.0. The number of amides is 2. The van der Waals surface area contributed by atoms with E-state index in [-0.39, 0.29) is 17.9 Å². The highest BCUT2D eigenvalue weighted by molar-refractivity contribution is 6.06. The van der Waals surface area contributed by atoms with Gasteiger partial charge < -0.3 is 15.0 Å². The Kier molecular flexibility index (Phi) is 6.47. The second-order valence-corrected chi connectivity index (χ2v) is 7.13. The molecular formula is C24H25N3O3. The first-order valence-corrected chi connectivity index (χ1v) is 9.71. The number of carbonyl (C=O) groups excluding carboxylic acids is 2. The normalized spacial score (nSPS) is 11.1. The Hall–Kier alpha value is -3.67. The summed E-state index contributed by atoms with van der Waals surface area (Å²) in [5, 5.41) is 3.76. The van der Waals surface area contributed by atoms with Crippen LogP contribution < -0.4 is 15.0 Å². The third kappa shape index (κ3) is 4.66. The van der Waals surface area contributed by atoms with Crippen molar-refractivity contribution < 1.29 is 14.3 Å². The van der Waals surface area contributed by atoms with Crippen LogP contribution in [0, 0.1) is 0 Å². The van der Waals surface area contributed by atoms with E-state index < -0.39 is 0 Å². The quantitative estimate of drug-likeness (QED) is 0.608. The summed E-state index contributed by atoms with van der Waals surface area (Å²) in [6.07, 6.45) is 5.05. The number of hydrogen-bond acceptors (Lipinski definition) is 4. The molecule has 0 aliphatic carbocycles. The summed E-state index contributed by atoms with van der Waals surface area (Å²) >= 11 is 0. The fourth-order valence-corrected chi connectivity index (χ4v) is 3.31. The van der Waals surface area contributed by atoms with Gasteiger partial charge in [0.25, 0.3) is 5.91 Å². The van der Waals surface area contributed by atoms with Crippen LogP contribution >= 0.6 is 0 Å². The lowest BCUT2D eigenvalue weighted by Crippen LogP contribution is -2.36. The summed E-state index contributed by atoms with van der Waals surface area (Å²) in [6.45, 7) is 5.29. The van der Waals surface area contributed by atoms with E-state index in [1.165, 1.54) is 13.0 Å². The van der Waals surface area contributed by atoms with Crippen LogP contribution in [0.3, 0.4) is 0 Å². The molecule has 0 fully saturated rings. The maximum atomic E-state index is 13.2. The molecule has 0 spiro atoms. The summed E-state index contributed by atoms with van der Waals surface area (Å²) in [7, 11) is 1.55. The van der Waals surface area contributed by atoms with Crippen LogP contribution in [0.4, 0.5) is 11.4 Å². The Labute approximate surface area is 176 Å². The third-order valence-electron chi connectivity index (χ3n) is 4.58. The average Bonchev–Trinajstić information content (AvgIpc) is 2.72. The molecular weight excluding hydrogens is 378 g/mol. The highest BCUT2D eigenvalue weighted by Crippen LogP contribution is 2.33. The largest absolute Gasteiger partial charge is 0.495 e. The third-order valence-corrected chi connectivity index (χ3v) is 4.58. The number of nitrogens with zero attached hydrogens (tertiary/aromatic N) is 2. The summed E-state index contributed by atoms with van der Waals surface area (Å²) in [5.74, 6) is 0.166. The average molecular weight is 403 g/mol. The van der Waals surface area contributed by atoms with Crippen molar-refractivity contribution in [3.8, 4) is 5.75 Å². The second-order valence-electron chi connectivity index (χ2n) is 7.13. The monoisotopic (exact) mass is 403 g/mol. The zero-order valence-corrected chi connectivity index (χ0v) is 17.5. The van der Waals surface area contributed by atoms with Gasteiger partial charge in [-0.1, -0.05) is 24.3 Å². The van der Waals surface area contributed by atoms with Gasteiger partial charge in [-0.3, -0.25) is 14.6 Å². The molecule has 6 nitrogen and oxygen atoms in total. The van der Waals surface area contributed by atoms with Crippen molar-refractivity contribution in [3.05, 3.63) is 66.4 Å². The lowest BCUT2D eigenvalue weighted by molar-refractivity contribution is -0.115. The Morgan fingerprint density at radius 2 is 1.90 bits per heavy atom. The number of hydrogen-bond donors (Lipinski definition) is 1. The van der Waals surface area contributed by atoms with Crippen LogP contribution in [-0.2, 0) is 9.59 Å². The fraction of sp³-hybridized carbons (Fsp3) is 0.208. The van der Waals surface area contributed by atoms with E-state index >= 15 is 0 Å². The maximum absolute atomic E-state index is 13.2. The number of nitrogens with one attached hydrogen (secondary N) is 1. The number of ether oxygens (including phenoxy) is 1. The number of aromatic nitrogens is 1. The first-order valence-electron chi connectivity index (χ1n) is 9.71. The lowest BCUT2D eigenvalue weighted by Gasteiger charge is -2.27. The SMILES string of the molecule is COc1ccc(NC(C)=O)cc1N(C(=O)/C=C/c1cccc2cccnc12)C(C)C. The van der Waals surface area contributed by atoms with E-state index in [9.17, 15) is 9.59 Å². The van der Waals surface area contributed by atoms with Gasteiger partial charge in [0.1, 0.15) is 5.75 Å². The summed E-state index contributed by atoms with van der Waals surface area (Å²) in [5.41, 5.74) is 2.89. The Morgan fingerprint density at radius 3 is 2.60 bits per heavy atom. The van der Waals surface area contributed by atoms with Gasteiger partial charge in [0, 0.05) is 41.9 Å². The zero-order chi connectivity index (χ0) is 21.7. The molecule has 3 aromatic rings. The molecule has 1 N–H and O–H groups in total. The van der Waals surface area contributed by atoms with E-state index in [1.54, 1.807) is 42.5 Å². The van der Waals surface area contributed by atoms with Crippen LogP contribution in [-0.4, -0.2) is 29.9 Å². The molecule has 0 unspecified atom stereocenters. The molecule has 30 heavy (non-hydrogen) atoms. The van der Waals surface area contributed by atoms with Gasteiger partial charge in [0.15, 0.2) is 0 Å². The Morgan fingerprint density at radius 1 is 1.13 bits per heavy atom. The number of rotatable bonds is 6. The minimum Gasteiger partial charge on any atom is -0.495 e. The molecule has 2 aromatic carbocycles. The van der Waals surface area contributed by atoms with Crippen LogP contribution in [0.1, 0.15) is 26.3 Å². The number of fused-ring (bicyclic) bond motifs is 1. The summed E-state index contributed by atoms with van der Waals surface area (Å²) < 4.78 is 5.47. The van der Waals surface area contributed by atoms with E-state index in [1.807, 2.05) is 44.2 Å². The zero-order valence-electron chi connectivity index (χ0n) is 17.5. The predicted octanol–water partition coefficient (Wildman–Crippen LogP) is 4.66. The highest BCUT2D eigenvalue weighted by Gasteiger charge is 2.21. The molecule has 1 aromatic heterocycles. The van der Waals surface area contributed by atoms with E-state index in [4.69, 9.17) is 4.74 Å². The molecule has 0 aliphatic heterocycles. The van der Waals surface area contributed by atoms with Crippen LogP contribution in [0.2, 0.25) is 0 Å². The topological polar surface area (TPSA) is 71.5 Å². The molecule has 2 amide bonds. The van der Waals surface area contributed by atoms with E-state index in [2.05, 4.69) is 10.3 Å². The van der Waals surface area contributed by atoms with Gasteiger partial charge in [-0.25, -0.2) is 0 Å². The molecule has 3 rings (SSSR count). The smallest absolute Gasteiger partial charge is 0.251 e. The number of anilines is 2. The molecule has 0 saturated carbocycles. The molecule has 0 atom stereocenters. The van der Waals surface area contributed by atoms with Crippen molar-refractivity contribution in [2.75, 3.05) is 17.3 Å². The Balaban J connectivity index is 1.97. The number of carbonyl (C=O) groups is 2. The highest BCUT2D eigenvalue weighted by atomic mass is 16.5. The van der Waals surface area contributed by atoms with E-state index in [0.29, 0.717) is 17.1 Å². The van der Waals surface area contributed by atoms with Gasteiger partial charge in [0.2, 0.25) is 5.91 Å². The van der Waals surface area contributed by atoms with Crippen molar-refractivity contribution in [1.82, 2.24) is 4.98 Å². The number of methoxy groups -OCH3 is 1. The Bertz CT molecular complexity index is 1100. The number of pyridine rings is 1. The number of benzene rings is 2. The van der Waals surface area contributed by atoms with Crippen molar-refractivity contribution in [3.63, 3.8) is 0 Å². The molecule has 0 bridgehead atoms. The number of para-hydroxylation sites is 1. The minimum atomic E-state index is -0.198. The van der Waals surface area contributed by atoms with Gasteiger partial charge in [-0.15, -0.1) is 0 Å². The van der Waals surface area contributed by atoms with Crippen LogP contribution in [0.15, 0.2) is 60.8 Å². The van der Waals surface area contributed by atoms with Crippen LogP contribution in [0.5, 0.6) is 5.75 Å². The summed E-state index contributed by atoms with van der Waals surface area (Å²) in [6, 6.07) is 14.8. The standard InChI is InChI=1S/C24H25N3O3/c1-16(2)27(21-15-20(26-17(3)28)11-12-22(21)30-4)23(29)13-10-19-8-5-7-18-9-6-14-25-24(18)19/h5-16H,1-4H3,(H,26,28)/b13-10+. The van der Waals surface area contributed by atoms with Gasteiger partial charge >= 0.3 is 0 Å². The van der Waals surface area contributed by atoms with E-state index in [0.717, 1.165) is 16.5 Å².